The number of carbonyl (C=O) groups excluding carboxylic acids is 1. The first-order valence-electron chi connectivity index (χ1n) is 3.78. The molecule has 2 radical (unpaired) electrons. The summed E-state index contributed by atoms with van der Waals surface area (Å²) < 4.78 is 0. The molecular weight excluding hydrogens is 137 g/mol. The molecule has 0 saturated heterocycles. The third kappa shape index (κ3) is 0.581. The van der Waals surface area contributed by atoms with Crippen LogP contribution in [-0.4, -0.2) is 13.8 Å². The van der Waals surface area contributed by atoms with Crippen LogP contribution >= 0.6 is 0 Å². The van der Waals surface area contributed by atoms with Crippen molar-refractivity contribution in [2.75, 3.05) is 0 Å². The van der Waals surface area contributed by atoms with Crippen LogP contribution in [0.1, 0.15) is 27.7 Å². The van der Waals surface area contributed by atoms with E-state index >= 15 is 0 Å². The van der Waals surface area contributed by atoms with Gasteiger partial charge in [0.2, 0.25) is 5.91 Å². The van der Waals surface area contributed by atoms with Crippen molar-refractivity contribution >= 4 is 13.8 Å². The highest BCUT2D eigenvalue weighted by Gasteiger charge is 2.76. The van der Waals surface area contributed by atoms with Gasteiger partial charge in [-0.25, -0.2) is 0 Å². The fourth-order valence-corrected chi connectivity index (χ4v) is 1.97. The normalized spacial score (nSPS) is 29.5. The third-order valence-corrected chi connectivity index (χ3v) is 3.86. The van der Waals surface area contributed by atoms with Crippen molar-refractivity contribution in [3.05, 3.63) is 0 Å². The summed E-state index contributed by atoms with van der Waals surface area (Å²) >= 11 is 0. The number of carbonyl (C=O) groups is 1. The van der Waals surface area contributed by atoms with E-state index in [1.165, 1.54) is 0 Å². The van der Waals surface area contributed by atoms with Crippen molar-refractivity contribution in [1.29, 1.82) is 0 Å². The monoisotopic (exact) mass is 151 g/mol. The Morgan fingerprint density at radius 1 is 1.18 bits per heavy atom. The number of nitrogens with two attached hydrogens (primary N) is 1. The van der Waals surface area contributed by atoms with E-state index in [9.17, 15) is 4.79 Å². The first-order valence-corrected chi connectivity index (χ1v) is 3.78. The van der Waals surface area contributed by atoms with Crippen LogP contribution < -0.4 is 5.73 Å². The maximum absolute atomic E-state index is 11.0. The SMILES string of the molecule is [B]C1(C(N)=O)C(C)(C)C1(C)C. The summed E-state index contributed by atoms with van der Waals surface area (Å²) in [6.07, 6.45) is 0. The van der Waals surface area contributed by atoms with Gasteiger partial charge < -0.3 is 5.73 Å². The van der Waals surface area contributed by atoms with E-state index in [0.29, 0.717) is 0 Å². The van der Waals surface area contributed by atoms with Gasteiger partial charge in [0.15, 0.2) is 0 Å². The summed E-state index contributed by atoms with van der Waals surface area (Å²) in [4.78, 5) is 11.0. The Labute approximate surface area is 68.9 Å². The first kappa shape index (κ1) is 8.63. The van der Waals surface area contributed by atoms with Gasteiger partial charge in [-0.1, -0.05) is 27.7 Å². The van der Waals surface area contributed by atoms with Crippen molar-refractivity contribution < 1.29 is 4.79 Å². The molecular formula is C8H14BNO. The van der Waals surface area contributed by atoms with Gasteiger partial charge in [-0.3, -0.25) is 4.79 Å². The Balaban J connectivity index is 3.06. The molecule has 1 aliphatic carbocycles. The molecule has 3 heteroatoms. The van der Waals surface area contributed by atoms with Gasteiger partial charge in [0.1, 0.15) is 0 Å². The lowest BCUT2D eigenvalue weighted by Crippen LogP contribution is -2.24. The van der Waals surface area contributed by atoms with Crippen molar-refractivity contribution in [3.63, 3.8) is 0 Å². The molecule has 60 valence electrons. The average molecular weight is 151 g/mol. The molecule has 0 spiro atoms. The second-order valence-electron chi connectivity index (χ2n) is 4.42. The number of amides is 1. The van der Waals surface area contributed by atoms with E-state index in [0.717, 1.165) is 0 Å². The molecule has 1 saturated carbocycles. The molecule has 2 nitrogen and oxygen atoms in total. The first-order chi connectivity index (χ1) is 4.69. The maximum Gasteiger partial charge on any atom is 0.215 e. The van der Waals surface area contributed by atoms with Gasteiger partial charge in [0, 0.05) is 5.31 Å². The summed E-state index contributed by atoms with van der Waals surface area (Å²) in [6, 6.07) is 0. The van der Waals surface area contributed by atoms with Crippen LogP contribution in [0.15, 0.2) is 0 Å². The minimum absolute atomic E-state index is 0.175. The second-order valence-corrected chi connectivity index (χ2v) is 4.42. The topological polar surface area (TPSA) is 43.1 Å². The lowest BCUT2D eigenvalue weighted by molar-refractivity contribution is -0.119. The van der Waals surface area contributed by atoms with Crippen molar-refractivity contribution in [3.8, 4) is 0 Å². The second kappa shape index (κ2) is 1.65. The quantitative estimate of drug-likeness (QED) is 0.555. The maximum atomic E-state index is 11.0. The van der Waals surface area contributed by atoms with E-state index in [1.54, 1.807) is 0 Å². The fraction of sp³-hybridized carbons (Fsp3) is 0.875. The number of hydrogen-bond acceptors (Lipinski definition) is 1. The molecule has 0 aromatic carbocycles. The van der Waals surface area contributed by atoms with Gasteiger partial charge in [0.25, 0.3) is 0 Å². The van der Waals surface area contributed by atoms with Crippen molar-refractivity contribution in [1.82, 2.24) is 0 Å². The van der Waals surface area contributed by atoms with E-state index < -0.39 is 11.2 Å². The molecule has 0 aromatic heterocycles. The average Bonchev–Trinajstić information content (AvgIpc) is 2.11. The van der Waals surface area contributed by atoms with Gasteiger partial charge in [-0.05, 0) is 10.8 Å². The minimum Gasteiger partial charge on any atom is -0.370 e. The van der Waals surface area contributed by atoms with Crippen LogP contribution in [0.4, 0.5) is 0 Å². The zero-order valence-electron chi connectivity index (χ0n) is 7.56. The molecule has 0 aromatic rings. The Hall–Kier alpha value is -0.465. The molecule has 11 heavy (non-hydrogen) atoms. The van der Waals surface area contributed by atoms with Crippen LogP contribution in [0, 0.1) is 10.8 Å². The Bertz CT molecular complexity index is 206. The Morgan fingerprint density at radius 3 is 1.45 bits per heavy atom. The lowest BCUT2D eigenvalue weighted by Gasteiger charge is -2.09. The number of hydrogen-bond donors (Lipinski definition) is 1. The van der Waals surface area contributed by atoms with Crippen LogP contribution in [0.3, 0.4) is 0 Å². The van der Waals surface area contributed by atoms with Gasteiger partial charge in [0.05, 0.1) is 7.85 Å². The van der Waals surface area contributed by atoms with Crippen LogP contribution in [0.2, 0.25) is 5.31 Å². The highest BCUT2D eigenvalue weighted by Crippen LogP contribution is 2.81. The summed E-state index contributed by atoms with van der Waals surface area (Å²) in [5.74, 6) is -0.396. The summed E-state index contributed by atoms with van der Waals surface area (Å²) in [5.41, 5.74) is 4.87. The van der Waals surface area contributed by atoms with E-state index in [-0.39, 0.29) is 10.8 Å². The van der Waals surface area contributed by atoms with Crippen LogP contribution in [0.25, 0.3) is 0 Å². The molecule has 0 aliphatic heterocycles. The van der Waals surface area contributed by atoms with Gasteiger partial charge in [-0.2, -0.15) is 0 Å². The zero-order chi connectivity index (χ0) is 9.08. The summed E-state index contributed by atoms with van der Waals surface area (Å²) in [7, 11) is 5.87. The Morgan fingerprint density at radius 2 is 1.45 bits per heavy atom. The Kier molecular flexibility index (Phi) is 1.29. The van der Waals surface area contributed by atoms with Gasteiger partial charge >= 0.3 is 0 Å². The van der Waals surface area contributed by atoms with E-state index in [2.05, 4.69) is 0 Å². The molecule has 1 rings (SSSR count). The number of primary amides is 1. The zero-order valence-corrected chi connectivity index (χ0v) is 7.56. The molecule has 1 aliphatic rings. The number of rotatable bonds is 1. The molecule has 0 atom stereocenters. The van der Waals surface area contributed by atoms with Crippen molar-refractivity contribution in [2.24, 2.45) is 16.6 Å². The summed E-state index contributed by atoms with van der Waals surface area (Å²) in [5, 5.41) is -0.819. The summed E-state index contributed by atoms with van der Waals surface area (Å²) in [6.45, 7) is 7.88. The van der Waals surface area contributed by atoms with Crippen LogP contribution in [0.5, 0.6) is 0 Å². The standard InChI is InChI=1S/C8H14BNO/c1-6(2)7(3,4)8(6,9)5(10)11/h1-4H3,(H2,10,11). The smallest absolute Gasteiger partial charge is 0.215 e. The predicted molar refractivity (Wildman–Crippen MR) is 45.2 cm³/mol. The van der Waals surface area contributed by atoms with Crippen LogP contribution in [-0.2, 0) is 4.79 Å². The molecule has 1 fully saturated rings. The fourth-order valence-electron chi connectivity index (χ4n) is 1.97. The highest BCUT2D eigenvalue weighted by molar-refractivity contribution is 6.32. The highest BCUT2D eigenvalue weighted by atomic mass is 16.1. The molecule has 1 amide bonds. The molecule has 0 unspecified atom stereocenters. The van der Waals surface area contributed by atoms with E-state index in [4.69, 9.17) is 13.6 Å². The largest absolute Gasteiger partial charge is 0.370 e. The lowest BCUT2D eigenvalue weighted by atomic mass is 9.74. The van der Waals surface area contributed by atoms with Gasteiger partial charge in [-0.15, -0.1) is 0 Å². The molecule has 2 N–H and O–H groups in total. The third-order valence-electron chi connectivity index (χ3n) is 3.86. The van der Waals surface area contributed by atoms with E-state index in [1.807, 2.05) is 27.7 Å². The predicted octanol–water partition coefficient (Wildman–Crippen LogP) is 0.865. The molecule has 0 bridgehead atoms. The molecule has 0 heterocycles. The minimum atomic E-state index is -0.819. The van der Waals surface area contributed by atoms with Crippen molar-refractivity contribution in [2.45, 2.75) is 33.0 Å².